The molecule has 4 aromatic heterocycles. The zero-order valence-corrected chi connectivity index (χ0v) is 32.2. The molecule has 0 amide bonds. The Balaban J connectivity index is 1.22. The van der Waals surface area contributed by atoms with Crippen molar-refractivity contribution in [1.82, 2.24) is 8.80 Å². The van der Waals surface area contributed by atoms with Crippen LogP contribution in [0.1, 0.15) is 0 Å². The van der Waals surface area contributed by atoms with Gasteiger partial charge in [0.1, 0.15) is 0 Å². The Morgan fingerprint density at radius 2 is 0.567 bits per heavy atom. The van der Waals surface area contributed by atoms with Gasteiger partial charge in [0.2, 0.25) is 0 Å². The van der Waals surface area contributed by atoms with Crippen molar-refractivity contribution < 1.29 is 0 Å². The van der Waals surface area contributed by atoms with E-state index in [-0.39, 0.29) is 10.9 Å². The van der Waals surface area contributed by atoms with Crippen molar-refractivity contribution in [3.63, 3.8) is 0 Å². The zero-order chi connectivity index (χ0) is 39.6. The maximum absolute atomic E-state index is 14.9. The first-order chi connectivity index (χ1) is 29.6. The van der Waals surface area contributed by atoms with E-state index in [0.717, 1.165) is 99.2 Å². The van der Waals surface area contributed by atoms with Crippen molar-refractivity contribution in [2.75, 3.05) is 0 Å². The summed E-state index contributed by atoms with van der Waals surface area (Å²) in [6, 6.07) is 66.9. The van der Waals surface area contributed by atoms with Gasteiger partial charge in [-0.2, -0.15) is 0 Å². The minimum absolute atomic E-state index is 0.0218. The Morgan fingerprint density at radius 1 is 0.233 bits per heavy atom. The molecule has 0 atom stereocenters. The Hall–Kier alpha value is -8.08. The highest BCUT2D eigenvalue weighted by atomic mass is 16.1. The largest absolute Gasteiger partial charge is 0.308 e. The maximum atomic E-state index is 14.9. The van der Waals surface area contributed by atoms with Crippen molar-refractivity contribution in [3.05, 3.63) is 215 Å². The van der Waals surface area contributed by atoms with Crippen LogP contribution in [0.3, 0.4) is 0 Å². The number of fused-ring (bicyclic) bond motifs is 10. The second-order valence-corrected chi connectivity index (χ2v) is 16.0. The molecule has 0 spiro atoms. The van der Waals surface area contributed by atoms with Gasteiger partial charge in [0.05, 0.1) is 33.1 Å². The van der Waals surface area contributed by atoms with Gasteiger partial charge < -0.3 is 8.80 Å². The van der Waals surface area contributed by atoms with Crippen LogP contribution < -0.4 is 10.9 Å². The molecule has 0 bridgehead atoms. The molecule has 4 nitrogen and oxygen atoms in total. The molecule has 0 fully saturated rings. The van der Waals surface area contributed by atoms with Gasteiger partial charge in [0.15, 0.2) is 10.9 Å². The molecule has 9 aromatic carbocycles. The van der Waals surface area contributed by atoms with Crippen LogP contribution in [0.2, 0.25) is 0 Å². The Labute approximate surface area is 342 Å². The lowest BCUT2D eigenvalue weighted by atomic mass is 9.97. The maximum Gasteiger partial charge on any atom is 0.197 e. The summed E-state index contributed by atoms with van der Waals surface area (Å²) in [5.41, 5.74) is 13.9. The molecule has 60 heavy (non-hydrogen) atoms. The molecule has 0 N–H and O–H groups in total. The van der Waals surface area contributed by atoms with Crippen LogP contribution in [0.5, 0.6) is 0 Å². The van der Waals surface area contributed by atoms with Gasteiger partial charge in [-0.25, -0.2) is 0 Å². The monoisotopic (exact) mass is 764 g/mol. The third kappa shape index (κ3) is 4.56. The Kier molecular flexibility index (Phi) is 6.71. The average Bonchev–Trinajstić information content (AvgIpc) is 3.82. The molecule has 0 saturated carbocycles. The molecule has 278 valence electrons. The van der Waals surface area contributed by atoms with Gasteiger partial charge in [-0.3, -0.25) is 9.59 Å². The molecule has 13 rings (SSSR count). The third-order valence-corrected chi connectivity index (χ3v) is 12.7. The SMILES string of the molecule is O=c1c2cc(-c3ccccc3)ccc2n2c3cc4c(cc3c3cc(-c5ccccc5)cc1c32)c1cc(-c2ccccc2)cc2c(=O)c3cc(-c5ccccc5)ccc3n4c21. The summed E-state index contributed by atoms with van der Waals surface area (Å²) in [6.45, 7) is 0. The first kappa shape index (κ1) is 32.9. The molecule has 0 radical (unpaired) electrons. The summed E-state index contributed by atoms with van der Waals surface area (Å²) in [5, 5.41) is 6.89. The number of benzene rings is 9. The topological polar surface area (TPSA) is 43.0 Å². The molecule has 4 heteroatoms. The van der Waals surface area contributed by atoms with Gasteiger partial charge in [0.25, 0.3) is 0 Å². The van der Waals surface area contributed by atoms with Gasteiger partial charge in [0, 0.05) is 43.1 Å². The first-order valence-corrected chi connectivity index (χ1v) is 20.3. The molecule has 13 aromatic rings. The van der Waals surface area contributed by atoms with Crippen LogP contribution in [-0.2, 0) is 0 Å². The second-order valence-electron chi connectivity index (χ2n) is 16.0. The number of pyridine rings is 2. The lowest BCUT2D eigenvalue weighted by Gasteiger charge is -2.11. The van der Waals surface area contributed by atoms with E-state index in [2.05, 4.69) is 130 Å². The summed E-state index contributed by atoms with van der Waals surface area (Å²) in [4.78, 5) is 29.7. The number of hydrogen-bond acceptors (Lipinski definition) is 2. The van der Waals surface area contributed by atoms with Crippen molar-refractivity contribution in [3.8, 4) is 44.5 Å². The van der Waals surface area contributed by atoms with E-state index >= 15 is 0 Å². The highest BCUT2D eigenvalue weighted by Gasteiger charge is 2.24. The highest BCUT2D eigenvalue weighted by molar-refractivity contribution is 6.25. The van der Waals surface area contributed by atoms with Gasteiger partial charge in [-0.15, -0.1) is 0 Å². The molecular weight excluding hydrogens is 733 g/mol. The van der Waals surface area contributed by atoms with Gasteiger partial charge >= 0.3 is 0 Å². The summed E-state index contributed by atoms with van der Waals surface area (Å²) in [6.07, 6.45) is 0. The first-order valence-electron chi connectivity index (χ1n) is 20.3. The fourth-order valence-electron chi connectivity index (χ4n) is 9.96. The fourth-order valence-corrected chi connectivity index (χ4v) is 9.96. The van der Waals surface area contributed by atoms with Crippen molar-refractivity contribution >= 4 is 76.2 Å². The summed E-state index contributed by atoms with van der Waals surface area (Å²) >= 11 is 0. The predicted octanol–water partition coefficient (Wildman–Crippen LogP) is 13.4. The van der Waals surface area contributed by atoms with E-state index in [1.54, 1.807) is 0 Å². The van der Waals surface area contributed by atoms with Crippen LogP contribution in [0.4, 0.5) is 0 Å². The average molecular weight is 765 g/mol. The van der Waals surface area contributed by atoms with E-state index in [4.69, 9.17) is 0 Å². The molecule has 0 unspecified atom stereocenters. The fraction of sp³-hybridized carbons (Fsp3) is 0. The minimum Gasteiger partial charge on any atom is -0.308 e. The third-order valence-electron chi connectivity index (χ3n) is 12.7. The van der Waals surface area contributed by atoms with Gasteiger partial charge in [-0.1, -0.05) is 133 Å². The number of aromatic nitrogens is 2. The molecule has 0 saturated heterocycles. The second kappa shape index (κ2) is 12.2. The van der Waals surface area contributed by atoms with Crippen LogP contribution in [0.25, 0.3) is 121 Å². The predicted molar refractivity (Wildman–Crippen MR) is 250 cm³/mol. The normalized spacial score (nSPS) is 12.1. The van der Waals surface area contributed by atoms with Crippen molar-refractivity contribution in [2.24, 2.45) is 0 Å². The highest BCUT2D eigenvalue weighted by Crippen LogP contribution is 2.43. The molecular formula is C56H32N2O2. The standard InChI is InChI=1S/C56H32N2O2/c59-55-45-25-37(33-13-5-1-6-14-33)21-23-49(45)57-51-32-52-42(31-41(51)43-27-39(29-47(55)53(43)57)35-17-9-3-10-18-35)44-28-40(36-19-11-4-12-20-36)30-48-54(44)58(52)50-24-22-38(26-46(50)56(48)60)34-15-7-2-8-16-34/h1-32H. The summed E-state index contributed by atoms with van der Waals surface area (Å²) < 4.78 is 4.60. The smallest absolute Gasteiger partial charge is 0.197 e. The van der Waals surface area contributed by atoms with Crippen LogP contribution in [-0.4, -0.2) is 8.80 Å². The van der Waals surface area contributed by atoms with Crippen LogP contribution in [0, 0.1) is 0 Å². The minimum atomic E-state index is 0.0218. The molecule has 4 heterocycles. The van der Waals surface area contributed by atoms with Crippen molar-refractivity contribution in [1.29, 1.82) is 0 Å². The number of nitrogens with zero attached hydrogens (tertiary/aromatic N) is 2. The van der Waals surface area contributed by atoms with Gasteiger partial charge in [-0.05, 0) is 105 Å². The van der Waals surface area contributed by atoms with E-state index in [1.165, 1.54) is 0 Å². The lowest BCUT2D eigenvalue weighted by Crippen LogP contribution is -2.07. The summed E-state index contributed by atoms with van der Waals surface area (Å²) in [5.74, 6) is 0. The Morgan fingerprint density at radius 3 is 0.950 bits per heavy atom. The van der Waals surface area contributed by atoms with Crippen LogP contribution in [0.15, 0.2) is 204 Å². The molecule has 0 aliphatic rings. The van der Waals surface area contributed by atoms with E-state index in [1.807, 2.05) is 72.8 Å². The molecule has 0 aliphatic heterocycles. The quantitative estimate of drug-likeness (QED) is 0.168. The lowest BCUT2D eigenvalue weighted by molar-refractivity contribution is 1.32. The number of rotatable bonds is 4. The van der Waals surface area contributed by atoms with Crippen molar-refractivity contribution in [2.45, 2.75) is 0 Å². The summed E-state index contributed by atoms with van der Waals surface area (Å²) in [7, 11) is 0. The Bertz CT molecular complexity index is 3740. The number of hydrogen-bond donors (Lipinski definition) is 0. The molecule has 0 aliphatic carbocycles. The van der Waals surface area contributed by atoms with E-state index in [0.29, 0.717) is 21.5 Å². The van der Waals surface area contributed by atoms with E-state index < -0.39 is 0 Å². The van der Waals surface area contributed by atoms with E-state index in [9.17, 15) is 9.59 Å². The van der Waals surface area contributed by atoms with Crippen LogP contribution >= 0.6 is 0 Å². The zero-order valence-electron chi connectivity index (χ0n) is 32.2.